The van der Waals surface area contributed by atoms with Gasteiger partial charge in [-0.2, -0.15) is 0 Å². The molecule has 3 unspecified atom stereocenters. The second-order valence-electron chi connectivity index (χ2n) is 2.63. The number of carboxylic acids is 1. The molecule has 0 radical (unpaired) electrons. The Labute approximate surface area is 63.8 Å². The molecule has 1 saturated heterocycles. The van der Waals surface area contributed by atoms with Gasteiger partial charge in [0.05, 0.1) is 6.10 Å². The number of aliphatic carboxylic acids is 1. The summed E-state index contributed by atoms with van der Waals surface area (Å²) >= 11 is 0. The number of aliphatic hydroxyl groups excluding tert-OH is 1. The lowest BCUT2D eigenvalue weighted by Gasteiger charge is -2.28. The maximum absolute atomic E-state index is 10.4. The van der Waals surface area contributed by atoms with E-state index in [0.717, 1.165) is 0 Å². The van der Waals surface area contributed by atoms with Gasteiger partial charge in [-0.1, -0.05) is 0 Å². The van der Waals surface area contributed by atoms with Crippen LogP contribution in [0.25, 0.3) is 0 Å². The minimum atomic E-state index is -1.07. The highest BCUT2D eigenvalue weighted by atomic mass is 16.5. The van der Waals surface area contributed by atoms with Crippen molar-refractivity contribution in [3.8, 4) is 0 Å². The summed E-state index contributed by atoms with van der Waals surface area (Å²) < 4.78 is 4.84. The number of carboxylic acid groups (broad SMARTS) is 1. The van der Waals surface area contributed by atoms with E-state index in [0.29, 0.717) is 6.42 Å². The molecule has 3 atom stereocenters. The Morgan fingerprint density at radius 1 is 1.55 bits per heavy atom. The van der Waals surface area contributed by atoms with Crippen molar-refractivity contribution in [3.05, 3.63) is 0 Å². The van der Waals surface area contributed by atoms with Gasteiger partial charge in [0.15, 0.2) is 6.10 Å². The molecule has 1 aliphatic rings. The first-order valence-corrected chi connectivity index (χ1v) is 3.41. The molecule has 1 aliphatic heterocycles. The first-order chi connectivity index (χ1) is 5.09. The molecule has 0 spiro atoms. The van der Waals surface area contributed by atoms with E-state index in [4.69, 9.17) is 20.7 Å². The van der Waals surface area contributed by atoms with Crippen molar-refractivity contribution >= 4 is 5.97 Å². The van der Waals surface area contributed by atoms with Crippen LogP contribution in [0, 0.1) is 0 Å². The molecular formula is C6H11NO4. The van der Waals surface area contributed by atoms with E-state index >= 15 is 0 Å². The van der Waals surface area contributed by atoms with Crippen molar-refractivity contribution in [1.29, 1.82) is 0 Å². The van der Waals surface area contributed by atoms with Crippen LogP contribution in [0.5, 0.6) is 0 Å². The summed E-state index contributed by atoms with van der Waals surface area (Å²) in [6.07, 6.45) is -1.82. The molecule has 0 amide bonds. The largest absolute Gasteiger partial charge is 0.479 e. The zero-order valence-corrected chi connectivity index (χ0v) is 5.93. The number of nitrogens with two attached hydrogens (primary N) is 1. The molecule has 0 aromatic carbocycles. The van der Waals surface area contributed by atoms with Gasteiger partial charge in [0.25, 0.3) is 0 Å². The van der Waals surface area contributed by atoms with Gasteiger partial charge in [-0.05, 0) is 0 Å². The second kappa shape index (κ2) is 3.17. The highest BCUT2D eigenvalue weighted by Gasteiger charge is 2.30. The standard InChI is InChI=1S/C6H11NO4/c7-5-2-3(8)1-4(11-5)6(9)10/h3-5,8H,1-2,7H2,(H,9,10). The van der Waals surface area contributed by atoms with E-state index in [9.17, 15) is 4.79 Å². The highest BCUT2D eigenvalue weighted by Crippen LogP contribution is 2.16. The number of hydrogen-bond donors (Lipinski definition) is 3. The van der Waals surface area contributed by atoms with Crippen LogP contribution in [0.3, 0.4) is 0 Å². The third-order valence-corrected chi connectivity index (χ3v) is 1.61. The highest BCUT2D eigenvalue weighted by molar-refractivity contribution is 5.72. The minimum Gasteiger partial charge on any atom is -0.479 e. The van der Waals surface area contributed by atoms with Gasteiger partial charge in [0.2, 0.25) is 0 Å². The summed E-state index contributed by atoms with van der Waals surface area (Å²) in [4.78, 5) is 10.4. The van der Waals surface area contributed by atoms with Crippen LogP contribution in [0.4, 0.5) is 0 Å². The lowest BCUT2D eigenvalue weighted by atomic mass is 10.1. The molecule has 0 aromatic rings. The lowest BCUT2D eigenvalue weighted by Crippen LogP contribution is -2.43. The topological polar surface area (TPSA) is 92.8 Å². The molecule has 5 heteroatoms. The number of aliphatic hydroxyl groups is 1. The van der Waals surface area contributed by atoms with Crippen molar-refractivity contribution in [1.82, 2.24) is 0 Å². The summed E-state index contributed by atoms with van der Waals surface area (Å²) in [6, 6.07) is 0. The van der Waals surface area contributed by atoms with Gasteiger partial charge in [0.1, 0.15) is 6.23 Å². The molecule has 5 nitrogen and oxygen atoms in total. The van der Waals surface area contributed by atoms with E-state index in [2.05, 4.69) is 0 Å². The molecule has 0 aromatic heterocycles. The molecular weight excluding hydrogens is 150 g/mol. The van der Waals surface area contributed by atoms with Crippen LogP contribution in [-0.2, 0) is 9.53 Å². The molecule has 1 fully saturated rings. The van der Waals surface area contributed by atoms with Crippen molar-refractivity contribution in [3.63, 3.8) is 0 Å². The second-order valence-corrected chi connectivity index (χ2v) is 2.63. The van der Waals surface area contributed by atoms with E-state index in [-0.39, 0.29) is 6.42 Å². The smallest absolute Gasteiger partial charge is 0.333 e. The quantitative estimate of drug-likeness (QED) is 0.453. The summed E-state index contributed by atoms with van der Waals surface area (Å²) in [7, 11) is 0. The maximum Gasteiger partial charge on any atom is 0.333 e. The van der Waals surface area contributed by atoms with Gasteiger partial charge in [-0.25, -0.2) is 4.79 Å². The number of rotatable bonds is 1. The van der Waals surface area contributed by atoms with Crippen molar-refractivity contribution in [2.75, 3.05) is 0 Å². The Balaban J connectivity index is 2.49. The third-order valence-electron chi connectivity index (χ3n) is 1.61. The monoisotopic (exact) mass is 161 g/mol. The van der Waals surface area contributed by atoms with Gasteiger partial charge in [0, 0.05) is 12.8 Å². The van der Waals surface area contributed by atoms with Gasteiger partial charge < -0.3 is 20.7 Å². The van der Waals surface area contributed by atoms with E-state index < -0.39 is 24.4 Å². The molecule has 0 bridgehead atoms. The van der Waals surface area contributed by atoms with Gasteiger partial charge >= 0.3 is 5.97 Å². The van der Waals surface area contributed by atoms with Crippen LogP contribution in [0.15, 0.2) is 0 Å². The Morgan fingerprint density at radius 2 is 2.18 bits per heavy atom. The Morgan fingerprint density at radius 3 is 2.64 bits per heavy atom. The van der Waals surface area contributed by atoms with E-state index in [1.54, 1.807) is 0 Å². The van der Waals surface area contributed by atoms with Crippen LogP contribution in [0.2, 0.25) is 0 Å². The van der Waals surface area contributed by atoms with Crippen molar-refractivity contribution in [2.45, 2.75) is 31.3 Å². The van der Waals surface area contributed by atoms with Crippen LogP contribution in [0.1, 0.15) is 12.8 Å². The third kappa shape index (κ3) is 2.14. The van der Waals surface area contributed by atoms with Crippen LogP contribution < -0.4 is 5.73 Å². The summed E-state index contributed by atoms with van der Waals surface area (Å²) in [6.45, 7) is 0. The minimum absolute atomic E-state index is 0.128. The summed E-state index contributed by atoms with van der Waals surface area (Å²) in [5.74, 6) is -1.07. The predicted octanol–water partition coefficient (Wildman–Crippen LogP) is -1.10. The average molecular weight is 161 g/mol. The SMILES string of the molecule is NC1CC(O)CC(C(=O)O)O1. The maximum atomic E-state index is 10.4. The predicted molar refractivity (Wildman–Crippen MR) is 35.7 cm³/mol. The Kier molecular flexibility index (Phi) is 2.43. The van der Waals surface area contributed by atoms with Gasteiger partial charge in [-0.3, -0.25) is 0 Å². The molecule has 0 aliphatic carbocycles. The first kappa shape index (κ1) is 8.45. The number of ether oxygens (including phenoxy) is 1. The fourth-order valence-electron chi connectivity index (χ4n) is 1.09. The van der Waals surface area contributed by atoms with Crippen LogP contribution >= 0.6 is 0 Å². The van der Waals surface area contributed by atoms with Crippen molar-refractivity contribution in [2.24, 2.45) is 5.73 Å². The normalized spacial score (nSPS) is 38.5. The Bertz CT molecular complexity index is 151. The van der Waals surface area contributed by atoms with Crippen LogP contribution in [-0.4, -0.2) is 34.6 Å². The van der Waals surface area contributed by atoms with E-state index in [1.165, 1.54) is 0 Å². The molecule has 4 N–H and O–H groups in total. The molecule has 64 valence electrons. The zero-order valence-electron chi connectivity index (χ0n) is 5.93. The number of carbonyl (C=O) groups is 1. The lowest BCUT2D eigenvalue weighted by molar-refractivity contribution is -0.165. The van der Waals surface area contributed by atoms with Crippen molar-refractivity contribution < 1.29 is 19.7 Å². The molecule has 11 heavy (non-hydrogen) atoms. The average Bonchev–Trinajstić information content (AvgIpc) is 1.85. The first-order valence-electron chi connectivity index (χ1n) is 3.41. The Hall–Kier alpha value is -0.650. The summed E-state index contributed by atoms with van der Waals surface area (Å²) in [5.41, 5.74) is 5.31. The fourth-order valence-corrected chi connectivity index (χ4v) is 1.09. The fraction of sp³-hybridized carbons (Fsp3) is 0.833. The van der Waals surface area contributed by atoms with E-state index in [1.807, 2.05) is 0 Å². The molecule has 1 rings (SSSR count). The zero-order chi connectivity index (χ0) is 8.43. The molecule has 0 saturated carbocycles. The van der Waals surface area contributed by atoms with Gasteiger partial charge in [-0.15, -0.1) is 0 Å². The molecule has 1 heterocycles. The number of hydrogen-bond acceptors (Lipinski definition) is 4. The summed E-state index contributed by atoms with van der Waals surface area (Å²) in [5, 5.41) is 17.6.